The molecule has 2 aromatic rings. The van der Waals surface area contributed by atoms with Crippen LogP contribution in [0.15, 0.2) is 30.7 Å². The first kappa shape index (κ1) is 13.6. The van der Waals surface area contributed by atoms with Crippen LogP contribution >= 0.6 is 11.6 Å². The van der Waals surface area contributed by atoms with Gasteiger partial charge in [-0.15, -0.1) is 0 Å². The van der Waals surface area contributed by atoms with Crippen LogP contribution in [0.25, 0.3) is 0 Å². The first-order valence-electron chi connectivity index (χ1n) is 6.00. The maximum absolute atomic E-state index is 11.0. The first-order chi connectivity index (χ1) is 9.13. The number of aldehydes is 1. The lowest BCUT2D eigenvalue weighted by Crippen LogP contribution is -2.07. The van der Waals surface area contributed by atoms with Crippen LogP contribution in [-0.2, 0) is 6.61 Å². The number of aromatic nitrogens is 2. The third-order valence-corrected chi connectivity index (χ3v) is 3.14. The maximum atomic E-state index is 11.0. The van der Waals surface area contributed by atoms with Gasteiger partial charge in [0.1, 0.15) is 12.4 Å². The Labute approximate surface area is 117 Å². The normalized spacial score (nSPS) is 10.7. The Morgan fingerprint density at radius 3 is 2.95 bits per heavy atom. The molecule has 0 radical (unpaired) electrons. The van der Waals surface area contributed by atoms with Gasteiger partial charge < -0.3 is 9.30 Å². The minimum Gasteiger partial charge on any atom is -0.487 e. The van der Waals surface area contributed by atoms with Gasteiger partial charge in [0.2, 0.25) is 0 Å². The molecule has 5 heteroatoms. The lowest BCUT2D eigenvalue weighted by Gasteiger charge is -2.13. The van der Waals surface area contributed by atoms with Crippen molar-refractivity contribution in [2.24, 2.45) is 0 Å². The van der Waals surface area contributed by atoms with Gasteiger partial charge in [0.25, 0.3) is 0 Å². The predicted molar refractivity (Wildman–Crippen MR) is 73.8 cm³/mol. The number of benzene rings is 1. The van der Waals surface area contributed by atoms with Crippen LogP contribution in [0.2, 0.25) is 5.02 Å². The van der Waals surface area contributed by atoms with Crippen molar-refractivity contribution < 1.29 is 9.53 Å². The number of hydrogen-bond acceptors (Lipinski definition) is 3. The van der Waals surface area contributed by atoms with Gasteiger partial charge >= 0.3 is 0 Å². The topological polar surface area (TPSA) is 44.1 Å². The summed E-state index contributed by atoms with van der Waals surface area (Å²) in [5, 5.41) is 0.393. The van der Waals surface area contributed by atoms with Gasteiger partial charge in [0, 0.05) is 6.04 Å². The second kappa shape index (κ2) is 5.89. The van der Waals surface area contributed by atoms with E-state index in [1.54, 1.807) is 30.7 Å². The standard InChI is InChI=1S/C14H15ClN2O2/c1-10(2)17-9-16-6-11(17)8-19-14-5-3-4-13(15)12(14)7-18/h3-7,9-10H,8H2,1-2H3. The first-order valence-corrected chi connectivity index (χ1v) is 6.38. The highest BCUT2D eigenvalue weighted by Gasteiger charge is 2.10. The molecule has 0 aliphatic carbocycles. The Morgan fingerprint density at radius 2 is 2.26 bits per heavy atom. The Balaban J connectivity index is 2.17. The van der Waals surface area contributed by atoms with Gasteiger partial charge in [-0.3, -0.25) is 4.79 Å². The van der Waals surface area contributed by atoms with E-state index in [0.717, 1.165) is 5.69 Å². The predicted octanol–water partition coefficient (Wildman–Crippen LogP) is 3.51. The van der Waals surface area contributed by atoms with Crippen molar-refractivity contribution in [3.05, 3.63) is 47.0 Å². The van der Waals surface area contributed by atoms with E-state index in [2.05, 4.69) is 18.8 Å². The molecule has 0 saturated heterocycles. The number of carbonyl (C=O) groups excluding carboxylic acids is 1. The van der Waals surface area contributed by atoms with Crippen LogP contribution in [-0.4, -0.2) is 15.8 Å². The van der Waals surface area contributed by atoms with E-state index in [1.807, 2.05) is 4.57 Å². The smallest absolute Gasteiger partial charge is 0.155 e. The van der Waals surface area contributed by atoms with Crippen molar-refractivity contribution in [3.8, 4) is 5.75 Å². The van der Waals surface area contributed by atoms with E-state index >= 15 is 0 Å². The second-order valence-corrected chi connectivity index (χ2v) is 4.85. The van der Waals surface area contributed by atoms with Crippen molar-refractivity contribution in [1.82, 2.24) is 9.55 Å². The molecule has 0 bridgehead atoms. The number of ether oxygens (including phenoxy) is 1. The molecular weight excluding hydrogens is 264 g/mol. The summed E-state index contributed by atoms with van der Waals surface area (Å²) in [6, 6.07) is 5.46. The molecular formula is C14H15ClN2O2. The molecule has 4 nitrogen and oxygen atoms in total. The zero-order valence-corrected chi connectivity index (χ0v) is 11.6. The zero-order chi connectivity index (χ0) is 13.8. The quantitative estimate of drug-likeness (QED) is 0.786. The van der Waals surface area contributed by atoms with E-state index in [4.69, 9.17) is 16.3 Å². The van der Waals surface area contributed by atoms with Crippen LogP contribution in [0.1, 0.15) is 35.9 Å². The van der Waals surface area contributed by atoms with Crippen LogP contribution in [0.3, 0.4) is 0 Å². The van der Waals surface area contributed by atoms with Gasteiger partial charge in [-0.2, -0.15) is 0 Å². The Kier molecular flexibility index (Phi) is 4.22. The summed E-state index contributed by atoms with van der Waals surface area (Å²) in [6.45, 7) is 4.49. The molecule has 0 spiro atoms. The highest BCUT2D eigenvalue weighted by molar-refractivity contribution is 6.33. The molecule has 2 rings (SSSR count). The summed E-state index contributed by atoms with van der Waals surface area (Å²) in [5.74, 6) is 0.485. The lowest BCUT2D eigenvalue weighted by atomic mass is 10.2. The minimum atomic E-state index is 0.311. The van der Waals surface area contributed by atoms with E-state index in [-0.39, 0.29) is 0 Å². The fourth-order valence-corrected chi connectivity index (χ4v) is 2.03. The molecule has 1 aromatic heterocycles. The third kappa shape index (κ3) is 2.96. The fourth-order valence-electron chi connectivity index (χ4n) is 1.82. The molecule has 0 N–H and O–H groups in total. The van der Waals surface area contributed by atoms with Crippen LogP contribution in [0.4, 0.5) is 0 Å². The molecule has 0 unspecified atom stereocenters. The third-order valence-electron chi connectivity index (χ3n) is 2.81. The molecule has 0 aliphatic heterocycles. The summed E-state index contributed by atoms with van der Waals surface area (Å²) < 4.78 is 7.69. The molecule has 0 fully saturated rings. The fraction of sp³-hybridized carbons (Fsp3) is 0.286. The van der Waals surface area contributed by atoms with Gasteiger partial charge in [-0.05, 0) is 26.0 Å². The molecule has 1 heterocycles. The van der Waals surface area contributed by atoms with Crippen molar-refractivity contribution in [2.45, 2.75) is 26.5 Å². The number of nitrogens with zero attached hydrogens (tertiary/aromatic N) is 2. The monoisotopic (exact) mass is 278 g/mol. The van der Waals surface area contributed by atoms with E-state index in [9.17, 15) is 4.79 Å². The highest BCUT2D eigenvalue weighted by atomic mass is 35.5. The van der Waals surface area contributed by atoms with Gasteiger partial charge in [-0.1, -0.05) is 17.7 Å². The second-order valence-electron chi connectivity index (χ2n) is 4.44. The summed E-state index contributed by atoms with van der Waals surface area (Å²) >= 11 is 5.94. The Morgan fingerprint density at radius 1 is 1.47 bits per heavy atom. The molecule has 0 aliphatic rings. The van der Waals surface area contributed by atoms with Gasteiger partial charge in [0.05, 0.1) is 28.8 Å². The minimum absolute atomic E-state index is 0.311. The maximum Gasteiger partial charge on any atom is 0.155 e. The average Bonchev–Trinajstić information content (AvgIpc) is 2.84. The van der Waals surface area contributed by atoms with Crippen molar-refractivity contribution >= 4 is 17.9 Å². The van der Waals surface area contributed by atoms with Crippen molar-refractivity contribution in [1.29, 1.82) is 0 Å². The number of imidazole rings is 1. The zero-order valence-electron chi connectivity index (χ0n) is 10.8. The largest absolute Gasteiger partial charge is 0.487 e. The molecule has 0 atom stereocenters. The molecule has 19 heavy (non-hydrogen) atoms. The van der Waals surface area contributed by atoms with Crippen LogP contribution in [0.5, 0.6) is 5.75 Å². The van der Waals surface area contributed by atoms with E-state index in [0.29, 0.717) is 35.3 Å². The highest BCUT2D eigenvalue weighted by Crippen LogP contribution is 2.25. The molecule has 1 aromatic carbocycles. The summed E-state index contributed by atoms with van der Waals surface area (Å²) in [7, 11) is 0. The number of hydrogen-bond donors (Lipinski definition) is 0. The average molecular weight is 279 g/mol. The molecule has 100 valence electrons. The summed E-state index contributed by atoms with van der Waals surface area (Å²) in [4.78, 5) is 15.1. The van der Waals surface area contributed by atoms with Crippen LogP contribution < -0.4 is 4.74 Å². The van der Waals surface area contributed by atoms with Gasteiger partial charge in [0.15, 0.2) is 6.29 Å². The van der Waals surface area contributed by atoms with Crippen molar-refractivity contribution in [3.63, 3.8) is 0 Å². The number of carbonyl (C=O) groups is 1. The molecule has 0 saturated carbocycles. The van der Waals surface area contributed by atoms with Crippen LogP contribution in [0, 0.1) is 0 Å². The van der Waals surface area contributed by atoms with Gasteiger partial charge in [-0.25, -0.2) is 4.98 Å². The SMILES string of the molecule is CC(C)n1cncc1COc1cccc(Cl)c1C=O. The Bertz CT molecular complexity index is 579. The van der Waals surface area contributed by atoms with E-state index < -0.39 is 0 Å². The Hall–Kier alpha value is -1.81. The summed E-state index contributed by atoms with van der Waals surface area (Å²) in [5.41, 5.74) is 1.33. The number of rotatable bonds is 5. The lowest BCUT2D eigenvalue weighted by molar-refractivity contribution is 0.111. The summed E-state index contributed by atoms with van der Waals surface area (Å²) in [6.07, 6.45) is 4.23. The molecule has 0 amide bonds. The number of halogens is 1. The van der Waals surface area contributed by atoms with E-state index in [1.165, 1.54) is 0 Å². The van der Waals surface area contributed by atoms with Crippen molar-refractivity contribution in [2.75, 3.05) is 0 Å².